The largest absolute Gasteiger partial charge is 0.481 e. The van der Waals surface area contributed by atoms with Crippen LogP contribution in [0.5, 0.6) is 0 Å². The average Bonchev–Trinajstić information content (AvgIpc) is 2.25. The topological polar surface area (TPSA) is 130 Å². The Labute approximate surface area is 104 Å². The fourth-order valence-corrected chi connectivity index (χ4v) is 1.31. The summed E-state index contributed by atoms with van der Waals surface area (Å²) < 4.78 is 0. The Hall–Kier alpha value is -1.12. The standard InChI is InChI=1S/C9H16N2O5S/c10-5(1-2-8(13)14)7(12)3-11-6(4-17)9(15)16/h5-6,11,17H,1-4,10H2,(H,13,14)(H,15,16). The molecule has 0 amide bonds. The van der Waals surface area contributed by atoms with Gasteiger partial charge in [-0.3, -0.25) is 19.7 Å². The molecule has 0 heterocycles. The molecule has 0 aromatic carbocycles. The quantitative estimate of drug-likeness (QED) is 0.328. The molecule has 0 aromatic rings. The summed E-state index contributed by atoms with van der Waals surface area (Å²) in [5.74, 6) is -2.50. The first-order valence-electron chi connectivity index (χ1n) is 4.95. The summed E-state index contributed by atoms with van der Waals surface area (Å²) in [5, 5.41) is 19.6. The number of carbonyl (C=O) groups is 3. The summed E-state index contributed by atoms with van der Waals surface area (Å²) in [4.78, 5) is 32.3. The van der Waals surface area contributed by atoms with Gasteiger partial charge in [0.15, 0.2) is 5.78 Å². The summed E-state index contributed by atoms with van der Waals surface area (Å²) in [7, 11) is 0. The monoisotopic (exact) mass is 264 g/mol. The van der Waals surface area contributed by atoms with E-state index in [4.69, 9.17) is 15.9 Å². The number of ketones is 1. The van der Waals surface area contributed by atoms with Crippen LogP contribution in [-0.2, 0) is 14.4 Å². The molecule has 0 aromatic heterocycles. The van der Waals surface area contributed by atoms with Crippen LogP contribution in [0.3, 0.4) is 0 Å². The summed E-state index contributed by atoms with van der Waals surface area (Å²) in [6, 6.07) is -1.82. The second-order valence-corrected chi connectivity index (χ2v) is 3.82. The number of rotatable bonds is 9. The fraction of sp³-hybridized carbons (Fsp3) is 0.667. The smallest absolute Gasteiger partial charge is 0.321 e. The molecule has 0 spiro atoms. The molecule has 5 N–H and O–H groups in total. The Kier molecular flexibility index (Phi) is 7.51. The maximum absolute atomic E-state index is 11.4. The van der Waals surface area contributed by atoms with Crippen molar-refractivity contribution in [2.45, 2.75) is 24.9 Å². The third-order valence-electron chi connectivity index (χ3n) is 2.09. The number of hydrogen-bond acceptors (Lipinski definition) is 6. The Bertz CT molecular complexity index is 297. The van der Waals surface area contributed by atoms with Crippen molar-refractivity contribution in [3.8, 4) is 0 Å². The van der Waals surface area contributed by atoms with E-state index in [1.54, 1.807) is 0 Å². The van der Waals surface area contributed by atoms with E-state index < -0.39 is 29.8 Å². The van der Waals surface area contributed by atoms with Crippen molar-refractivity contribution < 1.29 is 24.6 Å². The molecule has 0 fully saturated rings. The molecule has 0 aliphatic heterocycles. The molecule has 17 heavy (non-hydrogen) atoms. The van der Waals surface area contributed by atoms with Crippen LogP contribution in [0.2, 0.25) is 0 Å². The van der Waals surface area contributed by atoms with Crippen LogP contribution >= 0.6 is 12.6 Å². The number of aliphatic carboxylic acids is 2. The highest BCUT2D eigenvalue weighted by Crippen LogP contribution is 1.96. The van der Waals surface area contributed by atoms with E-state index >= 15 is 0 Å². The highest BCUT2D eigenvalue weighted by Gasteiger charge is 2.19. The predicted octanol–water partition coefficient (Wildman–Crippen LogP) is -1.28. The molecule has 0 aliphatic rings. The number of Topliss-reactive ketones (excluding diaryl/α,β-unsaturated/α-hetero) is 1. The summed E-state index contributed by atoms with van der Waals surface area (Å²) in [5.41, 5.74) is 5.45. The zero-order valence-corrected chi connectivity index (χ0v) is 10.0. The Morgan fingerprint density at radius 1 is 1.29 bits per heavy atom. The van der Waals surface area contributed by atoms with Gasteiger partial charge in [0.05, 0.1) is 12.6 Å². The van der Waals surface area contributed by atoms with Crippen LogP contribution in [0.25, 0.3) is 0 Å². The van der Waals surface area contributed by atoms with Crippen LogP contribution in [0.4, 0.5) is 0 Å². The van der Waals surface area contributed by atoms with Gasteiger partial charge in [0, 0.05) is 12.2 Å². The second-order valence-electron chi connectivity index (χ2n) is 3.46. The second kappa shape index (κ2) is 8.04. The van der Waals surface area contributed by atoms with E-state index in [-0.39, 0.29) is 25.1 Å². The minimum atomic E-state index is -1.10. The van der Waals surface area contributed by atoms with E-state index in [1.165, 1.54) is 0 Å². The van der Waals surface area contributed by atoms with Crippen LogP contribution < -0.4 is 11.1 Å². The zero-order valence-electron chi connectivity index (χ0n) is 9.13. The lowest BCUT2D eigenvalue weighted by Gasteiger charge is -2.13. The van der Waals surface area contributed by atoms with Crippen molar-refractivity contribution in [3.63, 3.8) is 0 Å². The first-order valence-corrected chi connectivity index (χ1v) is 5.58. The molecular formula is C9H16N2O5S. The van der Waals surface area contributed by atoms with E-state index in [1.807, 2.05) is 0 Å². The van der Waals surface area contributed by atoms with Gasteiger partial charge in [0.25, 0.3) is 0 Å². The van der Waals surface area contributed by atoms with Gasteiger partial charge < -0.3 is 15.9 Å². The van der Waals surface area contributed by atoms with Crippen LogP contribution in [0.15, 0.2) is 0 Å². The van der Waals surface area contributed by atoms with Crippen molar-refractivity contribution in [1.29, 1.82) is 0 Å². The number of hydrogen-bond donors (Lipinski definition) is 5. The van der Waals surface area contributed by atoms with Crippen LogP contribution in [0, 0.1) is 0 Å². The van der Waals surface area contributed by atoms with Gasteiger partial charge in [-0.2, -0.15) is 12.6 Å². The van der Waals surface area contributed by atoms with Gasteiger partial charge in [0.2, 0.25) is 0 Å². The van der Waals surface area contributed by atoms with Gasteiger partial charge in [-0.15, -0.1) is 0 Å². The van der Waals surface area contributed by atoms with E-state index in [0.29, 0.717) is 0 Å². The van der Waals surface area contributed by atoms with Gasteiger partial charge in [-0.25, -0.2) is 0 Å². The fourth-order valence-electron chi connectivity index (χ4n) is 1.02. The third-order valence-corrected chi connectivity index (χ3v) is 2.45. The predicted molar refractivity (Wildman–Crippen MR) is 63.1 cm³/mol. The van der Waals surface area contributed by atoms with E-state index in [0.717, 1.165) is 0 Å². The lowest BCUT2D eigenvalue weighted by Crippen LogP contribution is -2.45. The van der Waals surface area contributed by atoms with Gasteiger partial charge in [-0.05, 0) is 6.42 Å². The molecule has 0 rings (SSSR count). The maximum atomic E-state index is 11.4. The molecule has 0 aliphatic carbocycles. The first kappa shape index (κ1) is 15.9. The highest BCUT2D eigenvalue weighted by molar-refractivity contribution is 7.80. The molecule has 7 nitrogen and oxygen atoms in total. The molecule has 98 valence electrons. The molecule has 0 radical (unpaired) electrons. The Balaban J connectivity index is 3.99. The number of thiol groups is 1. The summed E-state index contributed by atoms with van der Waals surface area (Å²) >= 11 is 3.81. The number of carboxylic acid groups (broad SMARTS) is 2. The summed E-state index contributed by atoms with van der Waals surface area (Å²) in [6.07, 6.45) is -0.156. The number of carbonyl (C=O) groups excluding carboxylic acids is 1. The maximum Gasteiger partial charge on any atom is 0.321 e. The minimum Gasteiger partial charge on any atom is -0.481 e. The van der Waals surface area contributed by atoms with Gasteiger partial charge in [-0.1, -0.05) is 0 Å². The number of nitrogens with two attached hydrogens (primary N) is 1. The van der Waals surface area contributed by atoms with E-state index in [2.05, 4.69) is 17.9 Å². The first-order chi connectivity index (χ1) is 7.88. The van der Waals surface area contributed by atoms with Crippen molar-refractivity contribution in [2.24, 2.45) is 5.73 Å². The molecule has 0 saturated heterocycles. The number of nitrogens with one attached hydrogen (secondary N) is 1. The summed E-state index contributed by atoms with van der Waals surface area (Å²) in [6.45, 7) is -0.210. The Morgan fingerprint density at radius 2 is 1.88 bits per heavy atom. The lowest BCUT2D eigenvalue weighted by atomic mass is 10.1. The van der Waals surface area contributed by atoms with E-state index in [9.17, 15) is 14.4 Å². The normalized spacial score (nSPS) is 14.0. The van der Waals surface area contributed by atoms with Crippen molar-refractivity contribution in [1.82, 2.24) is 5.32 Å². The molecule has 2 atom stereocenters. The molecule has 0 saturated carbocycles. The molecule has 0 bridgehead atoms. The molecule has 2 unspecified atom stereocenters. The van der Waals surface area contributed by atoms with Crippen molar-refractivity contribution >= 4 is 30.4 Å². The van der Waals surface area contributed by atoms with Crippen LogP contribution in [-0.4, -0.2) is 52.3 Å². The van der Waals surface area contributed by atoms with Gasteiger partial charge >= 0.3 is 11.9 Å². The Morgan fingerprint density at radius 3 is 2.29 bits per heavy atom. The van der Waals surface area contributed by atoms with Crippen molar-refractivity contribution in [3.05, 3.63) is 0 Å². The highest BCUT2D eigenvalue weighted by atomic mass is 32.1. The minimum absolute atomic E-state index is 0.0362. The molecular weight excluding hydrogens is 248 g/mol. The lowest BCUT2D eigenvalue weighted by molar-refractivity contribution is -0.139. The zero-order chi connectivity index (χ0) is 13.4. The SMILES string of the molecule is NC(CCC(=O)O)C(=O)CNC(CS)C(=O)O. The third kappa shape index (κ3) is 6.93. The number of carboxylic acids is 2. The van der Waals surface area contributed by atoms with Gasteiger partial charge in [0.1, 0.15) is 6.04 Å². The molecule has 8 heteroatoms. The van der Waals surface area contributed by atoms with Crippen molar-refractivity contribution in [2.75, 3.05) is 12.3 Å². The average molecular weight is 264 g/mol. The van der Waals surface area contributed by atoms with Crippen LogP contribution in [0.1, 0.15) is 12.8 Å².